The average molecular weight is 286 g/mol. The molecule has 0 saturated carbocycles. The molecule has 0 saturated heterocycles. The Kier molecular flexibility index (Phi) is 3.90. The van der Waals surface area contributed by atoms with Crippen LogP contribution in [0.15, 0.2) is 24.3 Å². The maximum Gasteiger partial charge on any atom is 0.0900 e. The summed E-state index contributed by atoms with van der Waals surface area (Å²) in [7, 11) is 0. The highest BCUT2D eigenvalue weighted by Gasteiger charge is 2.21. The molecule has 1 aliphatic carbocycles. The van der Waals surface area contributed by atoms with E-state index in [4.69, 9.17) is 0 Å². The smallest absolute Gasteiger partial charge is 0.0900 e. The van der Waals surface area contributed by atoms with Gasteiger partial charge in [-0.1, -0.05) is 24.3 Å². The number of aryl methyl sites for hydroxylation is 3. The standard InChI is InChI=1S/C17H22N2S/c1-11-17(20-13(3)18-11)12(2)19-16-9-8-14-6-4-5-7-15(14)10-16/h4-7,12,16,19H,8-10H2,1-3H3. The van der Waals surface area contributed by atoms with Crippen LogP contribution < -0.4 is 5.32 Å². The minimum absolute atomic E-state index is 0.400. The van der Waals surface area contributed by atoms with Crippen molar-refractivity contribution in [3.8, 4) is 0 Å². The van der Waals surface area contributed by atoms with Crippen molar-refractivity contribution in [2.75, 3.05) is 0 Å². The number of nitrogens with one attached hydrogen (secondary N) is 1. The van der Waals surface area contributed by atoms with Gasteiger partial charge < -0.3 is 5.32 Å². The monoisotopic (exact) mass is 286 g/mol. The van der Waals surface area contributed by atoms with Gasteiger partial charge in [-0.2, -0.15) is 0 Å². The molecular formula is C17H22N2S. The Morgan fingerprint density at radius 2 is 2.00 bits per heavy atom. The molecule has 106 valence electrons. The minimum Gasteiger partial charge on any atom is -0.306 e. The number of aromatic nitrogens is 1. The molecule has 1 aromatic carbocycles. The van der Waals surface area contributed by atoms with E-state index in [0.717, 1.165) is 6.42 Å². The van der Waals surface area contributed by atoms with Crippen molar-refractivity contribution in [3.63, 3.8) is 0 Å². The van der Waals surface area contributed by atoms with Crippen LogP contribution in [0.5, 0.6) is 0 Å². The molecule has 2 aromatic rings. The van der Waals surface area contributed by atoms with Crippen LogP contribution in [-0.2, 0) is 12.8 Å². The van der Waals surface area contributed by atoms with Crippen LogP contribution in [0.25, 0.3) is 0 Å². The van der Waals surface area contributed by atoms with Gasteiger partial charge in [0.15, 0.2) is 0 Å². The van der Waals surface area contributed by atoms with Gasteiger partial charge in [0.2, 0.25) is 0 Å². The first-order valence-electron chi connectivity index (χ1n) is 7.40. The van der Waals surface area contributed by atoms with Crippen LogP contribution in [0.1, 0.15) is 46.1 Å². The van der Waals surface area contributed by atoms with E-state index in [0.29, 0.717) is 12.1 Å². The molecule has 2 nitrogen and oxygen atoms in total. The van der Waals surface area contributed by atoms with Crippen molar-refractivity contribution in [2.45, 2.75) is 52.1 Å². The third-order valence-electron chi connectivity index (χ3n) is 4.17. The van der Waals surface area contributed by atoms with E-state index >= 15 is 0 Å². The summed E-state index contributed by atoms with van der Waals surface area (Å²) in [5, 5.41) is 4.97. The van der Waals surface area contributed by atoms with E-state index in [2.05, 4.69) is 55.3 Å². The SMILES string of the molecule is Cc1nc(C)c(C(C)NC2CCc3ccccc3C2)s1. The molecule has 0 amide bonds. The Morgan fingerprint density at radius 1 is 1.25 bits per heavy atom. The fourth-order valence-corrected chi connectivity index (χ4v) is 4.16. The molecule has 1 aromatic heterocycles. The molecule has 0 bridgehead atoms. The van der Waals surface area contributed by atoms with Crippen molar-refractivity contribution in [1.29, 1.82) is 0 Å². The lowest BCUT2D eigenvalue weighted by molar-refractivity contribution is 0.416. The first-order chi connectivity index (χ1) is 9.63. The van der Waals surface area contributed by atoms with Crippen molar-refractivity contribution in [1.82, 2.24) is 10.3 Å². The summed E-state index contributed by atoms with van der Waals surface area (Å²) in [6.45, 7) is 6.47. The van der Waals surface area contributed by atoms with Gasteiger partial charge in [-0.3, -0.25) is 0 Å². The first-order valence-corrected chi connectivity index (χ1v) is 8.22. The molecule has 3 rings (SSSR count). The van der Waals surface area contributed by atoms with E-state index in [9.17, 15) is 0 Å². The maximum absolute atomic E-state index is 4.54. The Hall–Kier alpha value is -1.19. The largest absolute Gasteiger partial charge is 0.306 e. The molecule has 0 radical (unpaired) electrons. The van der Waals surface area contributed by atoms with Crippen LogP contribution in [0.4, 0.5) is 0 Å². The molecule has 1 aliphatic rings. The first kappa shape index (κ1) is 13.8. The van der Waals surface area contributed by atoms with Crippen LogP contribution in [0.2, 0.25) is 0 Å². The summed E-state index contributed by atoms with van der Waals surface area (Å²) in [6.07, 6.45) is 3.58. The molecule has 0 fully saturated rings. The lowest BCUT2D eigenvalue weighted by Gasteiger charge is -2.28. The highest BCUT2D eigenvalue weighted by Crippen LogP contribution is 2.27. The predicted molar refractivity (Wildman–Crippen MR) is 85.4 cm³/mol. The predicted octanol–water partition coefficient (Wildman–Crippen LogP) is 3.97. The third-order valence-corrected chi connectivity index (χ3v) is 5.42. The quantitative estimate of drug-likeness (QED) is 0.923. The Morgan fingerprint density at radius 3 is 2.70 bits per heavy atom. The van der Waals surface area contributed by atoms with E-state index in [1.54, 1.807) is 0 Å². The number of fused-ring (bicyclic) bond motifs is 1. The summed E-state index contributed by atoms with van der Waals surface area (Å²) in [6, 6.07) is 9.83. The Bertz CT molecular complexity index is 603. The topological polar surface area (TPSA) is 24.9 Å². The molecule has 0 spiro atoms. The normalized spacial score (nSPS) is 19.6. The number of hydrogen-bond acceptors (Lipinski definition) is 3. The number of thiazole rings is 1. The lowest BCUT2D eigenvalue weighted by Crippen LogP contribution is -2.36. The summed E-state index contributed by atoms with van der Waals surface area (Å²) in [5.41, 5.74) is 4.23. The van der Waals surface area contributed by atoms with Crippen LogP contribution in [0, 0.1) is 13.8 Å². The average Bonchev–Trinajstić information content (AvgIpc) is 2.78. The van der Waals surface area contributed by atoms with Gasteiger partial charge in [0.1, 0.15) is 0 Å². The zero-order valence-corrected chi connectivity index (χ0v) is 13.3. The third kappa shape index (κ3) is 2.79. The Labute approximate surface area is 125 Å². The summed E-state index contributed by atoms with van der Waals surface area (Å²) in [4.78, 5) is 5.93. The molecule has 1 N–H and O–H groups in total. The zero-order valence-electron chi connectivity index (χ0n) is 12.4. The highest BCUT2D eigenvalue weighted by atomic mass is 32.1. The van der Waals surface area contributed by atoms with E-state index in [1.165, 1.54) is 39.5 Å². The summed E-state index contributed by atoms with van der Waals surface area (Å²) < 4.78 is 0. The van der Waals surface area contributed by atoms with Crippen molar-refractivity contribution in [3.05, 3.63) is 51.0 Å². The van der Waals surface area contributed by atoms with Gasteiger partial charge in [0.05, 0.1) is 10.7 Å². The molecule has 20 heavy (non-hydrogen) atoms. The van der Waals surface area contributed by atoms with Gasteiger partial charge >= 0.3 is 0 Å². The number of benzene rings is 1. The van der Waals surface area contributed by atoms with Gasteiger partial charge in [-0.25, -0.2) is 4.98 Å². The van der Waals surface area contributed by atoms with Gasteiger partial charge in [0, 0.05) is 17.0 Å². The number of hydrogen-bond donors (Lipinski definition) is 1. The fourth-order valence-electron chi connectivity index (χ4n) is 3.22. The Balaban J connectivity index is 1.69. The maximum atomic E-state index is 4.54. The van der Waals surface area contributed by atoms with Crippen molar-refractivity contribution >= 4 is 11.3 Å². The van der Waals surface area contributed by atoms with E-state index in [1.807, 2.05) is 11.3 Å². The molecule has 0 aliphatic heterocycles. The van der Waals surface area contributed by atoms with E-state index in [-0.39, 0.29) is 0 Å². The highest BCUT2D eigenvalue weighted by molar-refractivity contribution is 7.11. The zero-order chi connectivity index (χ0) is 14.1. The molecular weight excluding hydrogens is 264 g/mol. The second kappa shape index (κ2) is 5.66. The van der Waals surface area contributed by atoms with Crippen LogP contribution in [-0.4, -0.2) is 11.0 Å². The summed E-state index contributed by atoms with van der Waals surface area (Å²) in [5.74, 6) is 0. The molecule has 1 heterocycles. The molecule has 2 unspecified atom stereocenters. The summed E-state index contributed by atoms with van der Waals surface area (Å²) >= 11 is 1.82. The van der Waals surface area contributed by atoms with Crippen LogP contribution in [0.3, 0.4) is 0 Å². The van der Waals surface area contributed by atoms with Crippen LogP contribution >= 0.6 is 11.3 Å². The van der Waals surface area contributed by atoms with Gasteiger partial charge in [-0.05, 0) is 51.2 Å². The van der Waals surface area contributed by atoms with Gasteiger partial charge in [-0.15, -0.1) is 11.3 Å². The lowest BCUT2D eigenvalue weighted by atomic mass is 9.88. The molecule has 3 heteroatoms. The van der Waals surface area contributed by atoms with Crippen molar-refractivity contribution < 1.29 is 0 Å². The fraction of sp³-hybridized carbons (Fsp3) is 0.471. The number of rotatable bonds is 3. The van der Waals surface area contributed by atoms with E-state index < -0.39 is 0 Å². The van der Waals surface area contributed by atoms with Crippen molar-refractivity contribution in [2.24, 2.45) is 0 Å². The van der Waals surface area contributed by atoms with Gasteiger partial charge in [0.25, 0.3) is 0 Å². The second-order valence-corrected chi connectivity index (χ2v) is 7.01. The number of nitrogens with zero attached hydrogens (tertiary/aromatic N) is 1. The second-order valence-electron chi connectivity index (χ2n) is 5.78. The minimum atomic E-state index is 0.400. The molecule has 2 atom stereocenters.